The van der Waals surface area contributed by atoms with E-state index in [2.05, 4.69) is 216 Å². The molecule has 8 aromatic carbocycles. The Balaban J connectivity index is 0.846. The zero-order valence-corrected chi connectivity index (χ0v) is 38.3. The summed E-state index contributed by atoms with van der Waals surface area (Å²) in [5.74, 6) is 1.52. The van der Waals surface area contributed by atoms with Crippen molar-refractivity contribution < 1.29 is 0 Å². The number of benzene rings is 8. The Labute approximate surface area is 407 Å². The number of imidazole rings is 1. The minimum atomic E-state index is -0.424. The molecular weight excluding hydrogens is 851 g/mol. The molecule has 0 spiro atoms. The van der Waals surface area contributed by atoms with E-state index in [9.17, 15) is 0 Å². The number of para-hydroxylation sites is 2. The molecule has 0 saturated carbocycles. The molecule has 13 rings (SSSR count). The normalized spacial score (nSPS) is 14.8. The van der Waals surface area contributed by atoms with Gasteiger partial charge in [0, 0.05) is 28.6 Å². The molecule has 0 fully saturated rings. The van der Waals surface area contributed by atoms with Crippen molar-refractivity contribution in [3.63, 3.8) is 0 Å². The molecule has 1 atom stereocenters. The Bertz CT molecular complexity index is 3780. The maximum absolute atomic E-state index is 5.38. The summed E-state index contributed by atoms with van der Waals surface area (Å²) in [6, 6.07) is 79.9. The Kier molecular flexibility index (Phi) is 10.1. The highest BCUT2D eigenvalue weighted by molar-refractivity contribution is 5.95. The molecule has 0 bridgehead atoms. The molecule has 0 radical (unpaired) electrons. The van der Waals surface area contributed by atoms with Gasteiger partial charge < -0.3 is 0 Å². The molecule has 70 heavy (non-hydrogen) atoms. The molecule has 5 heteroatoms. The van der Waals surface area contributed by atoms with Gasteiger partial charge in [0.2, 0.25) is 0 Å². The standard InChI is InChI=1S/C65H45N5/c1-4-17-49(18-5-1)63-67-59(43-60(68-63)54-24-16-26-56-62(54)53-23-10-11-25-55(53)65(56,50-19-6-2-7-20-50)51-21-8-3-9-22-51)48-36-34-46(35-37-48)44-30-32-45(33-31-44)47-38-40-52(41-39-47)70-61-29-13-12-27-57(61)69-64(70)58-28-14-15-42-66-58/h1-8,10-21,23-43H,9,22H2. The number of rotatable bonds is 9. The SMILES string of the molecule is C1=CCCC(C2(c3ccccc3)c3ccccc3-c3c(-c4cc(-c5ccc(-c6ccc(-c7ccc(-n8c(-c9ccccn9)nc9ccccc98)cc7)cc6)cc5)nc(-c5ccccc5)n4)cccc32)=C1. The number of aromatic nitrogens is 5. The summed E-state index contributed by atoms with van der Waals surface area (Å²) >= 11 is 0. The summed E-state index contributed by atoms with van der Waals surface area (Å²) in [6.45, 7) is 0. The Morgan fingerprint density at radius 1 is 0.443 bits per heavy atom. The van der Waals surface area contributed by atoms with Gasteiger partial charge in [0.05, 0.1) is 27.8 Å². The molecule has 0 aliphatic heterocycles. The summed E-state index contributed by atoms with van der Waals surface area (Å²) in [5, 5.41) is 0. The fourth-order valence-electron chi connectivity index (χ4n) is 10.9. The van der Waals surface area contributed by atoms with E-state index in [-0.39, 0.29) is 0 Å². The predicted octanol–water partition coefficient (Wildman–Crippen LogP) is 15.8. The lowest BCUT2D eigenvalue weighted by atomic mass is 9.65. The third kappa shape index (κ3) is 6.93. The minimum absolute atomic E-state index is 0.424. The van der Waals surface area contributed by atoms with Crippen molar-refractivity contribution in [2.75, 3.05) is 0 Å². The molecule has 330 valence electrons. The van der Waals surface area contributed by atoms with E-state index in [0.717, 1.165) is 91.4 Å². The summed E-state index contributed by atoms with van der Waals surface area (Å²) in [5.41, 5.74) is 20.7. The van der Waals surface area contributed by atoms with Crippen molar-refractivity contribution in [2.45, 2.75) is 18.3 Å². The first-order chi connectivity index (χ1) is 34.7. The van der Waals surface area contributed by atoms with Crippen LogP contribution >= 0.6 is 0 Å². The summed E-state index contributed by atoms with van der Waals surface area (Å²) in [4.78, 5) is 20.2. The molecule has 3 heterocycles. The lowest BCUT2D eigenvalue weighted by molar-refractivity contribution is 0.693. The largest absolute Gasteiger partial charge is 0.291 e. The van der Waals surface area contributed by atoms with Crippen LogP contribution < -0.4 is 0 Å². The van der Waals surface area contributed by atoms with Crippen LogP contribution in [0, 0.1) is 0 Å². The first-order valence-corrected chi connectivity index (χ1v) is 24.0. The van der Waals surface area contributed by atoms with Gasteiger partial charge in [0.1, 0.15) is 5.69 Å². The number of fused-ring (bicyclic) bond motifs is 4. The van der Waals surface area contributed by atoms with Crippen LogP contribution in [-0.4, -0.2) is 24.5 Å². The average molecular weight is 896 g/mol. The van der Waals surface area contributed by atoms with Gasteiger partial charge in [-0.3, -0.25) is 9.55 Å². The van der Waals surface area contributed by atoms with Gasteiger partial charge in [-0.25, -0.2) is 15.0 Å². The maximum atomic E-state index is 5.38. The monoisotopic (exact) mass is 895 g/mol. The molecule has 0 saturated heterocycles. The van der Waals surface area contributed by atoms with Crippen LogP contribution in [0.15, 0.2) is 254 Å². The Morgan fingerprint density at radius 2 is 1.06 bits per heavy atom. The molecule has 11 aromatic rings. The number of hydrogen-bond acceptors (Lipinski definition) is 4. The second-order valence-electron chi connectivity index (χ2n) is 18.1. The van der Waals surface area contributed by atoms with Crippen molar-refractivity contribution in [1.29, 1.82) is 0 Å². The van der Waals surface area contributed by atoms with E-state index in [0.29, 0.717) is 5.82 Å². The Morgan fingerprint density at radius 3 is 1.77 bits per heavy atom. The summed E-state index contributed by atoms with van der Waals surface area (Å²) in [7, 11) is 0. The van der Waals surface area contributed by atoms with Crippen molar-refractivity contribution >= 4 is 11.0 Å². The van der Waals surface area contributed by atoms with Gasteiger partial charge in [0.25, 0.3) is 0 Å². The van der Waals surface area contributed by atoms with Crippen LogP contribution in [0.3, 0.4) is 0 Å². The van der Waals surface area contributed by atoms with Gasteiger partial charge in [-0.05, 0) is 105 Å². The molecule has 0 N–H and O–H groups in total. The van der Waals surface area contributed by atoms with Gasteiger partial charge >= 0.3 is 0 Å². The van der Waals surface area contributed by atoms with Gasteiger partial charge in [0.15, 0.2) is 11.6 Å². The summed E-state index contributed by atoms with van der Waals surface area (Å²) < 4.78 is 2.19. The van der Waals surface area contributed by atoms with Crippen LogP contribution in [0.4, 0.5) is 0 Å². The highest BCUT2D eigenvalue weighted by Crippen LogP contribution is 2.59. The second-order valence-corrected chi connectivity index (χ2v) is 18.1. The van der Waals surface area contributed by atoms with Gasteiger partial charge in [-0.2, -0.15) is 0 Å². The lowest BCUT2D eigenvalue weighted by Crippen LogP contribution is -2.30. The zero-order valence-electron chi connectivity index (χ0n) is 38.3. The van der Waals surface area contributed by atoms with Gasteiger partial charge in [-0.15, -0.1) is 0 Å². The van der Waals surface area contributed by atoms with Crippen LogP contribution in [0.2, 0.25) is 0 Å². The van der Waals surface area contributed by atoms with Crippen molar-refractivity contribution in [3.05, 3.63) is 271 Å². The highest BCUT2D eigenvalue weighted by atomic mass is 15.1. The van der Waals surface area contributed by atoms with Crippen LogP contribution in [0.5, 0.6) is 0 Å². The fourth-order valence-corrected chi connectivity index (χ4v) is 10.9. The molecule has 5 nitrogen and oxygen atoms in total. The number of nitrogens with zero attached hydrogens (tertiary/aromatic N) is 5. The van der Waals surface area contributed by atoms with E-state index in [1.807, 2.05) is 42.6 Å². The first kappa shape index (κ1) is 41.2. The molecule has 0 amide bonds. The van der Waals surface area contributed by atoms with Crippen molar-refractivity contribution in [1.82, 2.24) is 24.5 Å². The van der Waals surface area contributed by atoms with E-state index >= 15 is 0 Å². The average Bonchev–Trinajstić information content (AvgIpc) is 3.99. The van der Waals surface area contributed by atoms with E-state index in [4.69, 9.17) is 15.0 Å². The second kappa shape index (κ2) is 17.2. The fraction of sp³-hybridized carbons (Fsp3) is 0.0462. The van der Waals surface area contributed by atoms with E-state index in [1.54, 1.807) is 0 Å². The smallest absolute Gasteiger partial charge is 0.164 e. The Hall–Kier alpha value is -9.06. The number of allylic oxidation sites excluding steroid dienone is 4. The topological polar surface area (TPSA) is 56.5 Å². The number of pyridine rings is 1. The molecule has 2 aliphatic carbocycles. The van der Waals surface area contributed by atoms with E-state index in [1.165, 1.54) is 33.4 Å². The van der Waals surface area contributed by atoms with Crippen LogP contribution in [0.1, 0.15) is 29.5 Å². The lowest BCUT2D eigenvalue weighted by Gasteiger charge is -2.36. The van der Waals surface area contributed by atoms with E-state index < -0.39 is 5.41 Å². The quantitative estimate of drug-likeness (QED) is 0.145. The van der Waals surface area contributed by atoms with Crippen molar-refractivity contribution in [3.8, 4) is 84.5 Å². The molecule has 1 unspecified atom stereocenters. The first-order valence-electron chi connectivity index (χ1n) is 24.0. The van der Waals surface area contributed by atoms with Crippen molar-refractivity contribution in [2.24, 2.45) is 0 Å². The zero-order chi connectivity index (χ0) is 46.4. The summed E-state index contributed by atoms with van der Waals surface area (Å²) in [6.07, 6.45) is 10.7. The maximum Gasteiger partial charge on any atom is 0.164 e. The minimum Gasteiger partial charge on any atom is -0.291 e. The number of hydrogen-bond donors (Lipinski definition) is 0. The van der Waals surface area contributed by atoms with Gasteiger partial charge in [-0.1, -0.05) is 206 Å². The van der Waals surface area contributed by atoms with Crippen LogP contribution in [0.25, 0.3) is 95.5 Å². The third-order valence-electron chi connectivity index (χ3n) is 14.1. The van der Waals surface area contributed by atoms with Crippen LogP contribution in [-0.2, 0) is 5.41 Å². The predicted molar refractivity (Wildman–Crippen MR) is 285 cm³/mol. The molecule has 3 aromatic heterocycles. The highest BCUT2D eigenvalue weighted by Gasteiger charge is 2.48. The third-order valence-corrected chi connectivity index (χ3v) is 14.1. The molecule has 2 aliphatic rings. The molecular formula is C65H45N5.